The lowest BCUT2D eigenvalue weighted by atomic mass is 10.1. The Labute approximate surface area is 132 Å². The summed E-state index contributed by atoms with van der Waals surface area (Å²) in [6.07, 6.45) is 2.51. The molecular formula is C17H24N4O. The third-order valence-corrected chi connectivity index (χ3v) is 3.43. The zero-order valence-electron chi connectivity index (χ0n) is 13.7. The third-order valence-electron chi connectivity index (χ3n) is 3.43. The molecule has 0 amide bonds. The summed E-state index contributed by atoms with van der Waals surface area (Å²) in [4.78, 5) is 8.53. The van der Waals surface area contributed by atoms with Crippen molar-refractivity contribution in [1.29, 1.82) is 0 Å². The topological polar surface area (TPSA) is 59.1 Å². The zero-order chi connectivity index (χ0) is 15.9. The van der Waals surface area contributed by atoms with Gasteiger partial charge in [0.25, 0.3) is 0 Å². The van der Waals surface area contributed by atoms with E-state index < -0.39 is 0 Å². The maximum atomic E-state index is 5.03. The average Bonchev–Trinajstić information content (AvgIpc) is 2.48. The average molecular weight is 300 g/mol. The molecule has 5 heteroatoms. The summed E-state index contributed by atoms with van der Waals surface area (Å²) < 4.78 is 5.03. The van der Waals surface area contributed by atoms with Crippen LogP contribution in [0.25, 0.3) is 0 Å². The number of nitrogens with zero attached hydrogens (tertiary/aromatic N) is 2. The normalized spacial score (nSPS) is 10.5. The Hall–Kier alpha value is -2.14. The quantitative estimate of drug-likeness (QED) is 0.765. The van der Waals surface area contributed by atoms with E-state index in [0.29, 0.717) is 0 Å². The van der Waals surface area contributed by atoms with Crippen molar-refractivity contribution in [3.63, 3.8) is 0 Å². The summed E-state index contributed by atoms with van der Waals surface area (Å²) in [5.41, 5.74) is 4.80. The summed E-state index contributed by atoms with van der Waals surface area (Å²) >= 11 is 0. The minimum absolute atomic E-state index is 0.741. The van der Waals surface area contributed by atoms with E-state index >= 15 is 0 Å². The van der Waals surface area contributed by atoms with Crippen LogP contribution in [-0.2, 0) is 4.74 Å². The van der Waals surface area contributed by atoms with Gasteiger partial charge in [-0.1, -0.05) is 17.7 Å². The molecule has 0 saturated carbocycles. The fraction of sp³-hybridized carbons (Fsp3) is 0.412. The highest BCUT2D eigenvalue weighted by atomic mass is 16.5. The number of nitrogens with one attached hydrogen (secondary N) is 2. The number of methoxy groups -OCH3 is 1. The number of ether oxygens (including phenoxy) is 1. The third kappa shape index (κ3) is 4.43. The predicted octanol–water partition coefficient (Wildman–Crippen LogP) is 3.59. The van der Waals surface area contributed by atoms with E-state index in [-0.39, 0.29) is 0 Å². The maximum Gasteiger partial charge on any atom is 0.135 e. The fourth-order valence-corrected chi connectivity index (χ4v) is 2.46. The second-order valence-electron chi connectivity index (χ2n) is 5.46. The molecule has 0 bridgehead atoms. The van der Waals surface area contributed by atoms with Gasteiger partial charge in [-0.15, -0.1) is 0 Å². The van der Waals surface area contributed by atoms with Crippen LogP contribution in [0, 0.1) is 20.8 Å². The van der Waals surface area contributed by atoms with E-state index in [1.54, 1.807) is 13.4 Å². The second kappa shape index (κ2) is 7.75. The van der Waals surface area contributed by atoms with Crippen molar-refractivity contribution in [1.82, 2.24) is 9.97 Å². The first-order valence-electron chi connectivity index (χ1n) is 7.50. The minimum Gasteiger partial charge on any atom is -0.385 e. The Balaban J connectivity index is 2.07. The Morgan fingerprint density at radius 2 is 1.68 bits per heavy atom. The van der Waals surface area contributed by atoms with Crippen molar-refractivity contribution in [2.24, 2.45) is 0 Å². The number of anilines is 3. The predicted molar refractivity (Wildman–Crippen MR) is 91.0 cm³/mol. The molecule has 0 unspecified atom stereocenters. The van der Waals surface area contributed by atoms with Gasteiger partial charge in [0.2, 0.25) is 0 Å². The summed E-state index contributed by atoms with van der Waals surface area (Å²) in [7, 11) is 1.71. The molecule has 22 heavy (non-hydrogen) atoms. The summed E-state index contributed by atoms with van der Waals surface area (Å²) in [5, 5.41) is 6.67. The van der Waals surface area contributed by atoms with Crippen molar-refractivity contribution in [2.75, 3.05) is 30.9 Å². The lowest BCUT2D eigenvalue weighted by Crippen LogP contribution is -2.07. The van der Waals surface area contributed by atoms with Crippen LogP contribution < -0.4 is 10.6 Å². The Morgan fingerprint density at radius 1 is 1.00 bits per heavy atom. The first-order valence-corrected chi connectivity index (χ1v) is 7.50. The summed E-state index contributed by atoms with van der Waals surface area (Å²) in [5.74, 6) is 1.61. The van der Waals surface area contributed by atoms with Gasteiger partial charge in [0.15, 0.2) is 0 Å². The molecular weight excluding hydrogens is 276 g/mol. The maximum absolute atomic E-state index is 5.03. The molecule has 0 aliphatic rings. The van der Waals surface area contributed by atoms with Gasteiger partial charge in [0.1, 0.15) is 18.0 Å². The summed E-state index contributed by atoms with van der Waals surface area (Å²) in [6, 6.07) is 6.26. The van der Waals surface area contributed by atoms with E-state index in [9.17, 15) is 0 Å². The van der Waals surface area contributed by atoms with Crippen LogP contribution in [0.2, 0.25) is 0 Å². The van der Waals surface area contributed by atoms with Crippen molar-refractivity contribution < 1.29 is 4.74 Å². The highest BCUT2D eigenvalue weighted by Gasteiger charge is 2.06. The second-order valence-corrected chi connectivity index (χ2v) is 5.46. The highest BCUT2D eigenvalue weighted by molar-refractivity contribution is 5.66. The first-order chi connectivity index (χ1) is 10.6. The zero-order valence-corrected chi connectivity index (χ0v) is 13.7. The molecule has 1 heterocycles. The van der Waals surface area contributed by atoms with Crippen LogP contribution in [-0.4, -0.2) is 30.2 Å². The van der Waals surface area contributed by atoms with Gasteiger partial charge < -0.3 is 15.4 Å². The molecule has 0 aliphatic carbocycles. The molecule has 0 radical (unpaired) electrons. The van der Waals surface area contributed by atoms with Gasteiger partial charge in [0.05, 0.1) is 0 Å². The lowest BCUT2D eigenvalue weighted by molar-refractivity contribution is 0.198. The van der Waals surface area contributed by atoms with E-state index in [1.807, 2.05) is 6.07 Å². The molecule has 1 aromatic heterocycles. The van der Waals surface area contributed by atoms with E-state index in [4.69, 9.17) is 4.74 Å². The van der Waals surface area contributed by atoms with Crippen LogP contribution in [0.3, 0.4) is 0 Å². The van der Waals surface area contributed by atoms with Crippen molar-refractivity contribution in [3.05, 3.63) is 41.2 Å². The number of aromatic nitrogens is 2. The molecule has 2 N–H and O–H groups in total. The van der Waals surface area contributed by atoms with Gasteiger partial charge in [-0.3, -0.25) is 0 Å². The van der Waals surface area contributed by atoms with E-state index in [0.717, 1.165) is 36.9 Å². The molecule has 0 spiro atoms. The Kier molecular flexibility index (Phi) is 5.72. The Bertz CT molecular complexity index is 605. The fourth-order valence-electron chi connectivity index (χ4n) is 2.46. The van der Waals surface area contributed by atoms with E-state index in [1.165, 1.54) is 16.7 Å². The largest absolute Gasteiger partial charge is 0.385 e. The molecule has 1 aromatic carbocycles. The molecule has 0 atom stereocenters. The van der Waals surface area contributed by atoms with Gasteiger partial charge in [-0.2, -0.15) is 0 Å². The molecule has 2 aromatic rings. The minimum atomic E-state index is 0.741. The standard InChI is InChI=1S/C17H24N4O/c1-12-8-13(2)17(14(3)9-12)21-16-10-15(19-11-20-16)18-6-5-7-22-4/h8-11H,5-7H2,1-4H3,(H2,18,19,20,21). The number of hydrogen-bond acceptors (Lipinski definition) is 5. The SMILES string of the molecule is COCCCNc1cc(Nc2c(C)cc(C)cc2C)ncn1. The van der Waals surface area contributed by atoms with Crippen LogP contribution in [0.15, 0.2) is 24.5 Å². The number of hydrogen-bond donors (Lipinski definition) is 2. The van der Waals surface area contributed by atoms with Crippen molar-refractivity contribution >= 4 is 17.3 Å². The molecule has 2 rings (SSSR count). The molecule has 5 nitrogen and oxygen atoms in total. The van der Waals surface area contributed by atoms with Crippen molar-refractivity contribution in [2.45, 2.75) is 27.2 Å². The molecule has 118 valence electrons. The molecule has 0 saturated heterocycles. The molecule has 0 aliphatic heterocycles. The number of aryl methyl sites for hydroxylation is 3. The van der Waals surface area contributed by atoms with Gasteiger partial charge in [-0.25, -0.2) is 9.97 Å². The van der Waals surface area contributed by atoms with Gasteiger partial charge in [-0.05, 0) is 38.3 Å². The molecule has 0 fully saturated rings. The number of benzene rings is 1. The highest BCUT2D eigenvalue weighted by Crippen LogP contribution is 2.25. The Morgan fingerprint density at radius 3 is 2.36 bits per heavy atom. The first kappa shape index (κ1) is 16.2. The van der Waals surface area contributed by atoms with Gasteiger partial charge in [0, 0.05) is 32.0 Å². The smallest absolute Gasteiger partial charge is 0.135 e. The van der Waals surface area contributed by atoms with Crippen LogP contribution in [0.5, 0.6) is 0 Å². The van der Waals surface area contributed by atoms with Gasteiger partial charge >= 0.3 is 0 Å². The van der Waals surface area contributed by atoms with Crippen molar-refractivity contribution in [3.8, 4) is 0 Å². The van der Waals surface area contributed by atoms with Crippen LogP contribution in [0.4, 0.5) is 17.3 Å². The monoisotopic (exact) mass is 300 g/mol. The van der Waals surface area contributed by atoms with Crippen LogP contribution in [0.1, 0.15) is 23.1 Å². The van der Waals surface area contributed by atoms with E-state index in [2.05, 4.69) is 53.5 Å². The summed E-state index contributed by atoms with van der Waals surface area (Å²) in [6.45, 7) is 7.88. The lowest BCUT2D eigenvalue weighted by Gasteiger charge is -2.14. The van der Waals surface area contributed by atoms with Crippen LogP contribution >= 0.6 is 0 Å². The number of rotatable bonds is 7.